The van der Waals surface area contributed by atoms with E-state index in [0.717, 1.165) is 13.0 Å². The summed E-state index contributed by atoms with van der Waals surface area (Å²) < 4.78 is 29.6. The minimum Gasteiger partial charge on any atom is -0.318 e. The Morgan fingerprint density at radius 2 is 1.86 bits per heavy atom. The molecule has 0 saturated heterocycles. The molecule has 21 heavy (non-hydrogen) atoms. The highest BCUT2D eigenvalue weighted by molar-refractivity contribution is 7.89. The molecule has 1 heterocycles. The summed E-state index contributed by atoms with van der Waals surface area (Å²) in [5.41, 5.74) is 1.24. The van der Waals surface area contributed by atoms with E-state index in [1.54, 1.807) is 18.5 Å². The number of hydrogen-bond donors (Lipinski definition) is 2. The van der Waals surface area contributed by atoms with Gasteiger partial charge in [-0.3, -0.25) is 4.68 Å². The van der Waals surface area contributed by atoms with Crippen molar-refractivity contribution in [2.45, 2.75) is 58.5 Å². The van der Waals surface area contributed by atoms with Gasteiger partial charge in [0.25, 0.3) is 0 Å². The predicted molar refractivity (Wildman–Crippen MR) is 84.9 cm³/mol. The first-order valence-electron chi connectivity index (χ1n) is 7.40. The number of likely N-dealkylation sites (N-methyl/N-ethyl adjacent to an activating group) is 1. The van der Waals surface area contributed by atoms with Gasteiger partial charge in [0.1, 0.15) is 4.90 Å². The van der Waals surface area contributed by atoms with Gasteiger partial charge in [0.2, 0.25) is 10.0 Å². The van der Waals surface area contributed by atoms with Crippen molar-refractivity contribution < 1.29 is 8.42 Å². The molecule has 7 heteroatoms. The van der Waals surface area contributed by atoms with E-state index in [9.17, 15) is 8.42 Å². The van der Waals surface area contributed by atoms with Crippen LogP contribution in [-0.4, -0.2) is 37.8 Å². The van der Waals surface area contributed by atoms with Crippen molar-refractivity contribution in [1.82, 2.24) is 19.8 Å². The van der Waals surface area contributed by atoms with Crippen LogP contribution in [0.2, 0.25) is 0 Å². The van der Waals surface area contributed by atoms with Crippen LogP contribution >= 0.6 is 0 Å². The van der Waals surface area contributed by atoms with Crippen molar-refractivity contribution in [2.24, 2.45) is 5.92 Å². The quantitative estimate of drug-likeness (QED) is 0.761. The normalized spacial score (nSPS) is 13.9. The Bertz CT molecular complexity index is 564. The summed E-state index contributed by atoms with van der Waals surface area (Å²) in [6.45, 7) is 11.0. The Kier molecular flexibility index (Phi) is 6.37. The van der Waals surface area contributed by atoms with Crippen LogP contribution in [0.1, 0.15) is 38.6 Å². The summed E-state index contributed by atoms with van der Waals surface area (Å²) >= 11 is 0. The van der Waals surface area contributed by atoms with Gasteiger partial charge in [0, 0.05) is 12.6 Å². The Morgan fingerprint density at radius 1 is 1.24 bits per heavy atom. The molecule has 6 nitrogen and oxygen atoms in total. The maximum Gasteiger partial charge on any atom is 0.244 e. The highest BCUT2D eigenvalue weighted by Gasteiger charge is 2.26. The van der Waals surface area contributed by atoms with Gasteiger partial charge >= 0.3 is 0 Å². The van der Waals surface area contributed by atoms with Crippen molar-refractivity contribution in [3.8, 4) is 0 Å². The summed E-state index contributed by atoms with van der Waals surface area (Å²) in [6, 6.07) is -0.0885. The smallest absolute Gasteiger partial charge is 0.244 e. The van der Waals surface area contributed by atoms with E-state index in [1.807, 2.05) is 14.0 Å². The van der Waals surface area contributed by atoms with Crippen LogP contribution in [-0.2, 0) is 16.6 Å². The molecule has 0 spiro atoms. The van der Waals surface area contributed by atoms with E-state index >= 15 is 0 Å². The molecule has 0 fully saturated rings. The largest absolute Gasteiger partial charge is 0.318 e. The van der Waals surface area contributed by atoms with E-state index in [0.29, 0.717) is 28.7 Å². The average molecular weight is 316 g/mol. The lowest BCUT2D eigenvalue weighted by molar-refractivity contribution is 0.482. The molecule has 0 radical (unpaired) electrons. The average Bonchev–Trinajstić information content (AvgIpc) is 2.60. The summed E-state index contributed by atoms with van der Waals surface area (Å²) in [4.78, 5) is 0.314. The number of aryl methyl sites for hydroxylation is 1. The minimum absolute atomic E-state index is 0.0885. The van der Waals surface area contributed by atoms with Gasteiger partial charge in [-0.05, 0) is 40.2 Å². The number of nitrogens with zero attached hydrogens (tertiary/aromatic N) is 2. The lowest BCUT2D eigenvalue weighted by Gasteiger charge is -2.16. The van der Waals surface area contributed by atoms with E-state index in [2.05, 4.69) is 29.0 Å². The Balaban J connectivity index is 3.00. The van der Waals surface area contributed by atoms with E-state index in [-0.39, 0.29) is 6.04 Å². The van der Waals surface area contributed by atoms with Crippen molar-refractivity contribution in [3.63, 3.8) is 0 Å². The van der Waals surface area contributed by atoms with Crippen LogP contribution in [0.4, 0.5) is 0 Å². The maximum atomic E-state index is 12.6. The van der Waals surface area contributed by atoms with Gasteiger partial charge in [-0.15, -0.1) is 0 Å². The van der Waals surface area contributed by atoms with Crippen LogP contribution in [0.25, 0.3) is 0 Å². The Morgan fingerprint density at radius 3 is 2.38 bits per heavy atom. The minimum atomic E-state index is -3.52. The molecule has 1 unspecified atom stereocenters. The second kappa shape index (κ2) is 7.38. The summed E-state index contributed by atoms with van der Waals surface area (Å²) in [5.74, 6) is 0.447. The monoisotopic (exact) mass is 316 g/mol. The third-order valence-corrected chi connectivity index (χ3v) is 5.18. The van der Waals surface area contributed by atoms with Crippen molar-refractivity contribution >= 4 is 10.0 Å². The van der Waals surface area contributed by atoms with E-state index in [1.165, 1.54) is 0 Å². The van der Waals surface area contributed by atoms with Gasteiger partial charge in [-0.2, -0.15) is 5.10 Å². The molecule has 0 aliphatic heterocycles. The number of sulfonamides is 1. The fourth-order valence-corrected chi connectivity index (χ4v) is 4.25. The SMILES string of the molecule is CNCCn1nc(C)c(S(=O)(=O)NC(C)CC(C)C)c1C. The molecule has 1 rings (SSSR count). The molecule has 0 aromatic carbocycles. The molecule has 0 saturated carbocycles. The van der Waals surface area contributed by atoms with Crippen LogP contribution in [0.3, 0.4) is 0 Å². The van der Waals surface area contributed by atoms with Crippen LogP contribution < -0.4 is 10.0 Å². The van der Waals surface area contributed by atoms with Crippen LogP contribution in [0, 0.1) is 19.8 Å². The topological polar surface area (TPSA) is 76.0 Å². The van der Waals surface area contributed by atoms with Crippen molar-refractivity contribution in [1.29, 1.82) is 0 Å². The molecule has 1 atom stereocenters. The number of rotatable bonds is 8. The Labute approximate surface area is 128 Å². The highest BCUT2D eigenvalue weighted by Crippen LogP contribution is 2.20. The first kappa shape index (κ1) is 18.1. The second-order valence-electron chi connectivity index (χ2n) is 5.98. The summed E-state index contributed by atoms with van der Waals surface area (Å²) in [7, 11) is -1.66. The Hall–Kier alpha value is -0.920. The van der Waals surface area contributed by atoms with Gasteiger partial charge < -0.3 is 5.32 Å². The van der Waals surface area contributed by atoms with Crippen molar-refractivity contribution in [2.75, 3.05) is 13.6 Å². The van der Waals surface area contributed by atoms with Crippen LogP contribution in [0.5, 0.6) is 0 Å². The molecule has 1 aromatic rings. The zero-order valence-corrected chi connectivity index (χ0v) is 14.7. The lowest BCUT2D eigenvalue weighted by Crippen LogP contribution is -2.34. The molecule has 1 aromatic heterocycles. The number of hydrogen-bond acceptors (Lipinski definition) is 4. The summed E-state index contributed by atoms with van der Waals surface area (Å²) in [5, 5.41) is 7.38. The molecule has 0 bridgehead atoms. The zero-order valence-electron chi connectivity index (χ0n) is 13.9. The molecular formula is C14H28N4O2S. The van der Waals surface area contributed by atoms with Crippen LogP contribution in [0.15, 0.2) is 4.90 Å². The van der Waals surface area contributed by atoms with E-state index < -0.39 is 10.0 Å². The second-order valence-corrected chi connectivity index (χ2v) is 7.63. The third-order valence-electron chi connectivity index (χ3n) is 3.34. The molecule has 2 N–H and O–H groups in total. The predicted octanol–water partition coefficient (Wildman–Crippen LogP) is 1.43. The molecule has 0 amide bonds. The van der Waals surface area contributed by atoms with Gasteiger partial charge in [0.05, 0.1) is 17.9 Å². The third kappa shape index (κ3) is 4.79. The number of aromatic nitrogens is 2. The molecule has 0 aliphatic carbocycles. The fraction of sp³-hybridized carbons (Fsp3) is 0.786. The first-order chi connectivity index (χ1) is 9.69. The lowest BCUT2D eigenvalue weighted by atomic mass is 10.1. The fourth-order valence-electron chi connectivity index (χ4n) is 2.58. The summed E-state index contributed by atoms with van der Waals surface area (Å²) in [6.07, 6.45) is 0.811. The van der Waals surface area contributed by atoms with Crippen molar-refractivity contribution in [3.05, 3.63) is 11.4 Å². The van der Waals surface area contributed by atoms with Gasteiger partial charge in [-0.25, -0.2) is 13.1 Å². The standard InChI is InChI=1S/C14H28N4O2S/c1-10(2)9-11(3)17-21(19,20)14-12(4)16-18(13(14)5)8-7-15-6/h10-11,15,17H,7-9H2,1-6H3. The molecule has 122 valence electrons. The highest BCUT2D eigenvalue weighted by atomic mass is 32.2. The first-order valence-corrected chi connectivity index (χ1v) is 8.88. The molecular weight excluding hydrogens is 288 g/mol. The van der Waals surface area contributed by atoms with E-state index in [4.69, 9.17) is 0 Å². The van der Waals surface area contributed by atoms with Gasteiger partial charge in [-0.1, -0.05) is 13.8 Å². The van der Waals surface area contributed by atoms with Gasteiger partial charge in [0.15, 0.2) is 0 Å². The number of nitrogens with one attached hydrogen (secondary N) is 2. The zero-order chi connectivity index (χ0) is 16.2. The maximum absolute atomic E-state index is 12.6. The molecule has 0 aliphatic rings.